The van der Waals surface area contributed by atoms with Gasteiger partial charge in [0.05, 0.1) is 0 Å². The molecule has 6 heteroatoms. The van der Waals surface area contributed by atoms with Gasteiger partial charge in [-0.3, -0.25) is 4.79 Å². The molecule has 1 saturated heterocycles. The maximum atomic E-state index is 12.6. The van der Waals surface area contributed by atoms with E-state index in [4.69, 9.17) is 0 Å². The molecule has 1 saturated carbocycles. The Morgan fingerprint density at radius 2 is 1.96 bits per heavy atom. The van der Waals surface area contributed by atoms with Crippen molar-refractivity contribution in [1.29, 1.82) is 0 Å². The van der Waals surface area contributed by atoms with Gasteiger partial charge in [0.2, 0.25) is 5.91 Å². The van der Waals surface area contributed by atoms with Crippen molar-refractivity contribution in [2.24, 2.45) is 0 Å². The molecule has 2 fully saturated rings. The number of hydrogen-bond donors (Lipinski definition) is 2. The summed E-state index contributed by atoms with van der Waals surface area (Å²) in [4.78, 5) is 31.0. The summed E-state index contributed by atoms with van der Waals surface area (Å²) in [5, 5.41) is 5.95. The molecule has 3 rings (SSSR count). The zero-order valence-corrected chi connectivity index (χ0v) is 14.3. The molecule has 1 atom stereocenters. The first-order valence-corrected chi connectivity index (χ1v) is 8.94. The average Bonchev–Trinajstić information content (AvgIpc) is 3.06. The number of hydrogen-bond acceptors (Lipinski definition) is 3. The van der Waals surface area contributed by atoms with Gasteiger partial charge < -0.3 is 15.5 Å². The van der Waals surface area contributed by atoms with E-state index in [0.717, 1.165) is 24.8 Å². The molecule has 1 aliphatic carbocycles. The van der Waals surface area contributed by atoms with Crippen LogP contribution < -0.4 is 10.6 Å². The number of pyridine rings is 1. The monoisotopic (exact) mass is 330 g/mol. The van der Waals surface area contributed by atoms with Crippen molar-refractivity contribution in [3.63, 3.8) is 0 Å². The Bertz CT molecular complexity index is 598. The minimum Gasteiger partial charge on any atom is -0.335 e. The molecular formula is C18H26N4O2. The lowest BCUT2D eigenvalue weighted by molar-refractivity contribution is -0.119. The number of aromatic nitrogens is 1. The van der Waals surface area contributed by atoms with Crippen molar-refractivity contribution in [1.82, 2.24) is 15.2 Å². The zero-order chi connectivity index (χ0) is 16.9. The van der Waals surface area contributed by atoms with Crippen molar-refractivity contribution < 1.29 is 9.59 Å². The van der Waals surface area contributed by atoms with Gasteiger partial charge in [-0.05, 0) is 50.3 Å². The van der Waals surface area contributed by atoms with Crippen molar-refractivity contribution in [3.05, 3.63) is 23.9 Å². The zero-order valence-electron chi connectivity index (χ0n) is 14.3. The van der Waals surface area contributed by atoms with Crippen LogP contribution >= 0.6 is 0 Å². The van der Waals surface area contributed by atoms with Gasteiger partial charge in [-0.15, -0.1) is 0 Å². The minimum absolute atomic E-state index is 0.100. The first-order valence-electron chi connectivity index (χ1n) is 8.94. The molecule has 0 aromatic carbocycles. The summed E-state index contributed by atoms with van der Waals surface area (Å²) in [6, 6.07) is 3.47. The van der Waals surface area contributed by atoms with E-state index in [1.165, 1.54) is 19.3 Å². The Labute approximate surface area is 143 Å². The number of aryl methyl sites for hydroxylation is 1. The largest absolute Gasteiger partial charge is 0.335 e. The van der Waals surface area contributed by atoms with Crippen LogP contribution in [0.2, 0.25) is 0 Å². The number of nitrogens with one attached hydrogen (secondary N) is 2. The van der Waals surface area contributed by atoms with E-state index in [0.29, 0.717) is 18.8 Å². The highest BCUT2D eigenvalue weighted by Crippen LogP contribution is 2.21. The smallest absolute Gasteiger partial charge is 0.318 e. The number of likely N-dealkylation sites (tertiary alicyclic amines) is 1. The predicted molar refractivity (Wildman–Crippen MR) is 92.7 cm³/mol. The molecule has 6 nitrogen and oxygen atoms in total. The summed E-state index contributed by atoms with van der Waals surface area (Å²) in [6.45, 7) is 2.59. The van der Waals surface area contributed by atoms with E-state index >= 15 is 0 Å². The van der Waals surface area contributed by atoms with Crippen LogP contribution in [0.1, 0.15) is 50.5 Å². The minimum atomic E-state index is -0.407. The summed E-state index contributed by atoms with van der Waals surface area (Å²) < 4.78 is 0. The van der Waals surface area contributed by atoms with E-state index in [1.54, 1.807) is 11.1 Å². The fourth-order valence-electron chi connectivity index (χ4n) is 3.60. The van der Waals surface area contributed by atoms with E-state index in [1.807, 2.05) is 19.1 Å². The normalized spacial score (nSPS) is 21.5. The van der Waals surface area contributed by atoms with Gasteiger partial charge in [0.1, 0.15) is 11.9 Å². The van der Waals surface area contributed by atoms with Gasteiger partial charge in [0.15, 0.2) is 0 Å². The number of urea groups is 1. The topological polar surface area (TPSA) is 74.3 Å². The first-order chi connectivity index (χ1) is 11.6. The molecule has 1 unspecified atom stereocenters. The molecular weight excluding hydrogens is 304 g/mol. The molecule has 24 heavy (non-hydrogen) atoms. The van der Waals surface area contributed by atoms with Crippen LogP contribution in [-0.4, -0.2) is 40.5 Å². The van der Waals surface area contributed by atoms with E-state index in [9.17, 15) is 9.59 Å². The van der Waals surface area contributed by atoms with Gasteiger partial charge in [-0.2, -0.15) is 0 Å². The fraction of sp³-hybridized carbons (Fsp3) is 0.611. The van der Waals surface area contributed by atoms with Crippen LogP contribution in [0, 0.1) is 6.92 Å². The Hall–Kier alpha value is -2.11. The molecule has 2 heterocycles. The molecule has 0 radical (unpaired) electrons. The number of amides is 3. The van der Waals surface area contributed by atoms with Gasteiger partial charge in [-0.25, -0.2) is 9.78 Å². The first kappa shape index (κ1) is 16.7. The number of carbonyl (C=O) groups is 2. The fourth-order valence-corrected chi connectivity index (χ4v) is 3.60. The highest BCUT2D eigenvalue weighted by atomic mass is 16.2. The van der Waals surface area contributed by atoms with Gasteiger partial charge in [-0.1, -0.05) is 19.3 Å². The van der Waals surface area contributed by atoms with Crippen LogP contribution in [-0.2, 0) is 4.79 Å². The Kier molecular flexibility index (Phi) is 5.33. The lowest BCUT2D eigenvalue weighted by Crippen LogP contribution is -2.50. The third-order valence-corrected chi connectivity index (χ3v) is 4.92. The second-order valence-corrected chi connectivity index (χ2v) is 6.84. The summed E-state index contributed by atoms with van der Waals surface area (Å²) in [6.07, 6.45) is 8.93. The van der Waals surface area contributed by atoms with Crippen LogP contribution in [0.5, 0.6) is 0 Å². The Balaban J connectivity index is 1.59. The molecule has 1 aromatic heterocycles. The van der Waals surface area contributed by atoms with E-state index in [-0.39, 0.29) is 18.0 Å². The number of rotatable bonds is 3. The number of nitrogens with zero attached hydrogens (tertiary/aromatic N) is 2. The Morgan fingerprint density at radius 1 is 1.17 bits per heavy atom. The molecule has 2 aliphatic rings. The quantitative estimate of drug-likeness (QED) is 0.895. The standard InChI is InChI=1S/C18H26N4O2/c1-13-9-10-19-16(12-13)21-17(23)15-8-5-11-22(15)18(24)20-14-6-3-2-4-7-14/h9-10,12,14-15H,2-8,11H2,1H3,(H,20,24)(H,19,21,23). The lowest BCUT2D eigenvalue weighted by atomic mass is 9.96. The predicted octanol–water partition coefficient (Wildman–Crippen LogP) is 2.84. The second kappa shape index (κ2) is 7.64. The van der Waals surface area contributed by atoms with Crippen LogP contribution in [0.25, 0.3) is 0 Å². The van der Waals surface area contributed by atoms with Crippen LogP contribution in [0.15, 0.2) is 18.3 Å². The summed E-state index contributed by atoms with van der Waals surface area (Å²) in [7, 11) is 0. The number of anilines is 1. The maximum Gasteiger partial charge on any atom is 0.318 e. The SMILES string of the molecule is Cc1ccnc(NC(=O)C2CCCN2C(=O)NC2CCCCC2)c1. The third kappa shape index (κ3) is 4.04. The molecule has 1 aliphatic heterocycles. The summed E-state index contributed by atoms with van der Waals surface area (Å²) >= 11 is 0. The van der Waals surface area contributed by atoms with Gasteiger partial charge in [0, 0.05) is 18.8 Å². The maximum absolute atomic E-state index is 12.6. The molecule has 0 spiro atoms. The number of carbonyl (C=O) groups excluding carboxylic acids is 2. The molecule has 1 aromatic rings. The van der Waals surface area contributed by atoms with E-state index in [2.05, 4.69) is 15.6 Å². The van der Waals surface area contributed by atoms with Crippen molar-refractivity contribution in [2.75, 3.05) is 11.9 Å². The van der Waals surface area contributed by atoms with Crippen molar-refractivity contribution >= 4 is 17.8 Å². The van der Waals surface area contributed by atoms with Gasteiger partial charge >= 0.3 is 6.03 Å². The van der Waals surface area contributed by atoms with Crippen molar-refractivity contribution in [3.8, 4) is 0 Å². The Morgan fingerprint density at radius 3 is 2.71 bits per heavy atom. The van der Waals surface area contributed by atoms with E-state index < -0.39 is 6.04 Å². The average molecular weight is 330 g/mol. The molecule has 0 bridgehead atoms. The van der Waals surface area contributed by atoms with Crippen LogP contribution in [0.3, 0.4) is 0 Å². The summed E-state index contributed by atoms with van der Waals surface area (Å²) in [5.41, 5.74) is 1.04. The highest BCUT2D eigenvalue weighted by molar-refractivity contribution is 5.96. The van der Waals surface area contributed by atoms with Crippen molar-refractivity contribution in [2.45, 2.75) is 64.0 Å². The molecule has 3 amide bonds. The van der Waals surface area contributed by atoms with Crippen LogP contribution in [0.4, 0.5) is 10.6 Å². The molecule has 130 valence electrons. The summed E-state index contributed by atoms with van der Waals surface area (Å²) in [5.74, 6) is 0.393. The third-order valence-electron chi connectivity index (χ3n) is 4.92. The molecule has 2 N–H and O–H groups in total. The highest BCUT2D eigenvalue weighted by Gasteiger charge is 2.35. The lowest BCUT2D eigenvalue weighted by Gasteiger charge is -2.29. The second-order valence-electron chi connectivity index (χ2n) is 6.84. The van der Waals surface area contributed by atoms with Gasteiger partial charge in [0.25, 0.3) is 0 Å².